The Morgan fingerprint density at radius 3 is 2.37 bits per heavy atom. The minimum absolute atomic E-state index is 0.718. The molecule has 0 N–H and O–H groups in total. The van der Waals surface area contributed by atoms with Gasteiger partial charge in [0, 0.05) is 0 Å². The summed E-state index contributed by atoms with van der Waals surface area (Å²) in [5.74, 6) is 0.989. The molecule has 1 nitrogen and oxygen atoms in total. The van der Waals surface area contributed by atoms with Crippen molar-refractivity contribution in [2.45, 2.75) is 33.6 Å². The van der Waals surface area contributed by atoms with E-state index in [2.05, 4.69) is 56.3 Å². The second-order valence-electron chi connectivity index (χ2n) is 4.82. The first-order valence-electron chi connectivity index (χ1n) is 7.08. The molecule has 19 heavy (non-hydrogen) atoms. The molecule has 0 unspecified atom stereocenters. The van der Waals surface area contributed by atoms with E-state index >= 15 is 0 Å². The lowest BCUT2D eigenvalue weighted by molar-refractivity contribution is 0.339. The molecule has 1 heteroatoms. The third-order valence-electron chi connectivity index (χ3n) is 3.28. The zero-order valence-corrected chi connectivity index (χ0v) is 12.1. The summed E-state index contributed by atoms with van der Waals surface area (Å²) < 4.78 is 5.66. The van der Waals surface area contributed by atoms with E-state index in [1.54, 1.807) is 0 Å². The minimum Gasteiger partial charge on any atom is -0.494 e. The normalized spacial score (nSPS) is 10.5. The van der Waals surface area contributed by atoms with Gasteiger partial charge < -0.3 is 4.74 Å². The maximum absolute atomic E-state index is 5.66. The molecule has 0 aliphatic carbocycles. The van der Waals surface area contributed by atoms with Gasteiger partial charge in [0.05, 0.1) is 6.61 Å². The van der Waals surface area contributed by atoms with Crippen LogP contribution in [0.3, 0.4) is 0 Å². The fraction of sp³-hybridized carbons (Fsp3) is 0.333. The average Bonchev–Trinajstić information content (AvgIpc) is 2.40. The van der Waals surface area contributed by atoms with E-state index in [9.17, 15) is 0 Å². The number of hydrogen-bond acceptors (Lipinski definition) is 1. The van der Waals surface area contributed by atoms with Crippen molar-refractivity contribution in [3.05, 3.63) is 53.6 Å². The summed E-state index contributed by atoms with van der Waals surface area (Å²) in [5.41, 5.74) is 5.34. The molecular weight excluding hydrogens is 232 g/mol. The Bertz CT molecular complexity index is 529. The highest BCUT2D eigenvalue weighted by Crippen LogP contribution is 2.32. The Morgan fingerprint density at radius 2 is 1.74 bits per heavy atom. The van der Waals surface area contributed by atoms with Gasteiger partial charge in [0.1, 0.15) is 5.75 Å². The Balaban J connectivity index is 2.52. The van der Waals surface area contributed by atoms with Gasteiger partial charge in [0.25, 0.3) is 0 Å². The molecule has 0 amide bonds. The van der Waals surface area contributed by atoms with Gasteiger partial charge in [-0.05, 0) is 54.7 Å². The predicted molar refractivity (Wildman–Crippen MR) is 81.8 cm³/mol. The SMILES string of the molecule is CCCc1cc(OCC)cc(C)c1-c1ccccc1. The second-order valence-corrected chi connectivity index (χ2v) is 4.82. The zero-order chi connectivity index (χ0) is 13.7. The Hall–Kier alpha value is -1.76. The topological polar surface area (TPSA) is 9.23 Å². The van der Waals surface area contributed by atoms with Crippen LogP contribution in [-0.2, 0) is 6.42 Å². The molecule has 100 valence electrons. The van der Waals surface area contributed by atoms with Gasteiger partial charge in [-0.2, -0.15) is 0 Å². The molecule has 0 fully saturated rings. The van der Waals surface area contributed by atoms with Crippen molar-refractivity contribution in [1.29, 1.82) is 0 Å². The zero-order valence-electron chi connectivity index (χ0n) is 12.1. The van der Waals surface area contributed by atoms with Crippen LogP contribution < -0.4 is 4.74 Å². The molecule has 2 rings (SSSR count). The fourth-order valence-electron chi connectivity index (χ4n) is 2.56. The Labute approximate surface area is 116 Å². The summed E-state index contributed by atoms with van der Waals surface area (Å²) in [6.45, 7) is 7.14. The summed E-state index contributed by atoms with van der Waals surface area (Å²) in [6.07, 6.45) is 2.24. The van der Waals surface area contributed by atoms with Gasteiger partial charge in [0.15, 0.2) is 0 Å². The third-order valence-corrected chi connectivity index (χ3v) is 3.28. The number of benzene rings is 2. The van der Waals surface area contributed by atoms with Crippen LogP contribution in [-0.4, -0.2) is 6.61 Å². The molecule has 0 radical (unpaired) electrons. The van der Waals surface area contributed by atoms with Crippen LogP contribution in [0.15, 0.2) is 42.5 Å². The molecular formula is C18H22O. The molecule has 0 heterocycles. The quantitative estimate of drug-likeness (QED) is 0.728. The summed E-state index contributed by atoms with van der Waals surface area (Å²) in [5, 5.41) is 0. The Kier molecular flexibility index (Phi) is 4.62. The van der Waals surface area contributed by atoms with Crippen molar-refractivity contribution in [2.75, 3.05) is 6.61 Å². The number of hydrogen-bond donors (Lipinski definition) is 0. The van der Waals surface area contributed by atoms with Crippen molar-refractivity contribution in [3.8, 4) is 16.9 Å². The van der Waals surface area contributed by atoms with Crippen LogP contribution in [0, 0.1) is 6.92 Å². The number of rotatable bonds is 5. The van der Waals surface area contributed by atoms with Gasteiger partial charge in [0.2, 0.25) is 0 Å². The van der Waals surface area contributed by atoms with Crippen LogP contribution in [0.2, 0.25) is 0 Å². The largest absolute Gasteiger partial charge is 0.494 e. The summed E-state index contributed by atoms with van der Waals surface area (Å²) in [7, 11) is 0. The molecule has 0 bridgehead atoms. The van der Waals surface area contributed by atoms with E-state index in [1.807, 2.05) is 6.92 Å². The van der Waals surface area contributed by atoms with E-state index in [0.29, 0.717) is 0 Å². The molecule has 0 saturated carbocycles. The Morgan fingerprint density at radius 1 is 1.00 bits per heavy atom. The first-order valence-corrected chi connectivity index (χ1v) is 7.08. The molecule has 0 aliphatic heterocycles. The summed E-state index contributed by atoms with van der Waals surface area (Å²) in [4.78, 5) is 0. The molecule has 0 aromatic heterocycles. The molecule has 2 aromatic carbocycles. The molecule has 0 aliphatic rings. The number of aryl methyl sites for hydroxylation is 2. The van der Waals surface area contributed by atoms with Crippen molar-refractivity contribution in [3.63, 3.8) is 0 Å². The standard InChI is InChI=1S/C18H22O/c1-4-9-16-13-17(19-5-2)12-14(3)18(16)15-10-7-6-8-11-15/h6-8,10-13H,4-5,9H2,1-3H3. The van der Waals surface area contributed by atoms with Gasteiger partial charge in [-0.25, -0.2) is 0 Å². The highest BCUT2D eigenvalue weighted by atomic mass is 16.5. The fourth-order valence-corrected chi connectivity index (χ4v) is 2.56. The van der Waals surface area contributed by atoms with Crippen molar-refractivity contribution < 1.29 is 4.74 Å². The maximum atomic E-state index is 5.66. The molecule has 2 aromatic rings. The van der Waals surface area contributed by atoms with Crippen LogP contribution in [0.5, 0.6) is 5.75 Å². The van der Waals surface area contributed by atoms with Gasteiger partial charge in [-0.3, -0.25) is 0 Å². The lowest BCUT2D eigenvalue weighted by atomic mass is 9.92. The summed E-state index contributed by atoms with van der Waals surface area (Å²) >= 11 is 0. The van der Waals surface area contributed by atoms with E-state index in [4.69, 9.17) is 4.74 Å². The van der Waals surface area contributed by atoms with Crippen LogP contribution in [0.1, 0.15) is 31.4 Å². The maximum Gasteiger partial charge on any atom is 0.119 e. The van der Waals surface area contributed by atoms with E-state index in [1.165, 1.54) is 22.3 Å². The highest BCUT2D eigenvalue weighted by Gasteiger charge is 2.10. The first-order chi connectivity index (χ1) is 9.26. The van der Waals surface area contributed by atoms with Crippen LogP contribution in [0.25, 0.3) is 11.1 Å². The molecule has 0 atom stereocenters. The van der Waals surface area contributed by atoms with Gasteiger partial charge in [-0.1, -0.05) is 43.7 Å². The van der Waals surface area contributed by atoms with Gasteiger partial charge >= 0.3 is 0 Å². The second kappa shape index (κ2) is 6.42. The van der Waals surface area contributed by atoms with Crippen molar-refractivity contribution in [1.82, 2.24) is 0 Å². The van der Waals surface area contributed by atoms with Crippen LogP contribution in [0.4, 0.5) is 0 Å². The lowest BCUT2D eigenvalue weighted by Gasteiger charge is -2.15. The minimum atomic E-state index is 0.718. The van der Waals surface area contributed by atoms with Crippen molar-refractivity contribution in [2.24, 2.45) is 0 Å². The summed E-state index contributed by atoms with van der Waals surface area (Å²) in [6, 6.07) is 15.0. The predicted octanol–water partition coefficient (Wildman–Crippen LogP) is 5.01. The van der Waals surface area contributed by atoms with Crippen molar-refractivity contribution >= 4 is 0 Å². The molecule has 0 spiro atoms. The lowest BCUT2D eigenvalue weighted by Crippen LogP contribution is -1.98. The number of ether oxygens (including phenoxy) is 1. The van der Waals surface area contributed by atoms with Gasteiger partial charge in [-0.15, -0.1) is 0 Å². The van der Waals surface area contributed by atoms with Crippen LogP contribution >= 0.6 is 0 Å². The van der Waals surface area contributed by atoms with E-state index in [0.717, 1.165) is 25.2 Å². The van der Waals surface area contributed by atoms with E-state index < -0.39 is 0 Å². The average molecular weight is 254 g/mol. The molecule has 0 saturated heterocycles. The highest BCUT2D eigenvalue weighted by molar-refractivity contribution is 5.72. The third kappa shape index (κ3) is 3.17. The van der Waals surface area contributed by atoms with E-state index in [-0.39, 0.29) is 0 Å². The first kappa shape index (κ1) is 13.7. The monoisotopic (exact) mass is 254 g/mol. The smallest absolute Gasteiger partial charge is 0.119 e.